The molecule has 4 N–H and O–H groups in total. The summed E-state index contributed by atoms with van der Waals surface area (Å²) in [6.45, 7) is 2.58. The topological polar surface area (TPSA) is 72.7 Å². The summed E-state index contributed by atoms with van der Waals surface area (Å²) in [7, 11) is 0. The molecule has 0 bridgehead atoms. The second-order valence-corrected chi connectivity index (χ2v) is 5.66. The van der Waals surface area contributed by atoms with E-state index in [0.717, 1.165) is 22.3 Å². The average Bonchev–Trinajstić information content (AvgIpc) is 2.48. The monoisotopic (exact) mass is 285 g/mol. The molecular weight excluding hydrogens is 266 g/mol. The van der Waals surface area contributed by atoms with Crippen molar-refractivity contribution in [2.24, 2.45) is 0 Å². The van der Waals surface area contributed by atoms with Gasteiger partial charge in [-0.15, -0.1) is 0 Å². The normalized spacial score (nSPS) is 19.0. The van der Waals surface area contributed by atoms with E-state index in [1.165, 1.54) is 0 Å². The van der Waals surface area contributed by atoms with Crippen LogP contribution < -0.4 is 5.32 Å². The third kappa shape index (κ3) is 2.73. The van der Waals surface area contributed by atoms with Gasteiger partial charge in [-0.1, -0.05) is 29.8 Å². The highest BCUT2D eigenvalue weighted by atomic mass is 16.3. The number of aromatic hydroxyl groups is 2. The quantitative estimate of drug-likeness (QED) is 0.638. The van der Waals surface area contributed by atoms with E-state index in [1.807, 2.05) is 31.2 Å². The molecule has 0 saturated carbocycles. The summed E-state index contributed by atoms with van der Waals surface area (Å²) in [6.07, 6.45) is 0.00721. The Bertz CT molecular complexity index is 652. The number of aryl methyl sites for hydroxylation is 1. The summed E-state index contributed by atoms with van der Waals surface area (Å²) in [5, 5.41) is 32.9. The standard InChI is InChI=1S/C17H19NO3/c1-10-2-4-11(5-3-10)17(21)14-6-12-7-15(19)16(20)8-13(12)9-18-14/h2-5,7-8,14,17-21H,6,9H2,1H3. The van der Waals surface area contributed by atoms with Gasteiger partial charge in [0.25, 0.3) is 0 Å². The Hall–Kier alpha value is -2.04. The minimum atomic E-state index is -0.602. The van der Waals surface area contributed by atoms with Crippen LogP contribution in [0.1, 0.15) is 28.4 Å². The molecule has 2 aromatic rings. The second-order valence-electron chi connectivity index (χ2n) is 5.66. The van der Waals surface area contributed by atoms with Crippen LogP contribution in [0.2, 0.25) is 0 Å². The molecule has 0 fully saturated rings. The maximum absolute atomic E-state index is 10.5. The van der Waals surface area contributed by atoms with E-state index in [9.17, 15) is 15.3 Å². The van der Waals surface area contributed by atoms with E-state index >= 15 is 0 Å². The van der Waals surface area contributed by atoms with Crippen LogP contribution in [0.3, 0.4) is 0 Å². The molecule has 2 atom stereocenters. The van der Waals surface area contributed by atoms with Crippen LogP contribution in [0, 0.1) is 6.92 Å². The smallest absolute Gasteiger partial charge is 0.157 e. The van der Waals surface area contributed by atoms with E-state index in [0.29, 0.717) is 13.0 Å². The van der Waals surface area contributed by atoms with Gasteiger partial charge in [-0.05, 0) is 42.2 Å². The maximum atomic E-state index is 10.5. The minimum absolute atomic E-state index is 0.104. The first-order chi connectivity index (χ1) is 10.0. The average molecular weight is 285 g/mol. The molecule has 1 heterocycles. The fraction of sp³-hybridized carbons (Fsp3) is 0.294. The summed E-state index contributed by atoms with van der Waals surface area (Å²) in [5.41, 5.74) is 3.95. The third-order valence-corrected chi connectivity index (χ3v) is 4.09. The third-order valence-electron chi connectivity index (χ3n) is 4.09. The molecule has 0 aliphatic carbocycles. The zero-order valence-electron chi connectivity index (χ0n) is 11.9. The molecule has 0 radical (unpaired) electrons. The van der Waals surface area contributed by atoms with Crippen LogP contribution in [0.4, 0.5) is 0 Å². The van der Waals surface area contributed by atoms with Crippen LogP contribution in [0.15, 0.2) is 36.4 Å². The lowest BCUT2D eigenvalue weighted by molar-refractivity contribution is 0.123. The first-order valence-electron chi connectivity index (χ1n) is 7.06. The van der Waals surface area contributed by atoms with Gasteiger partial charge in [0, 0.05) is 12.6 Å². The van der Waals surface area contributed by atoms with E-state index < -0.39 is 6.10 Å². The molecule has 21 heavy (non-hydrogen) atoms. The predicted octanol–water partition coefficient (Wildman–Crippen LogP) is 2.15. The van der Waals surface area contributed by atoms with E-state index in [-0.39, 0.29) is 17.5 Å². The van der Waals surface area contributed by atoms with Crippen molar-refractivity contribution in [1.29, 1.82) is 0 Å². The Kier molecular flexibility index (Phi) is 3.57. The Morgan fingerprint density at radius 3 is 2.33 bits per heavy atom. The van der Waals surface area contributed by atoms with Crippen molar-refractivity contribution in [2.75, 3.05) is 0 Å². The molecule has 4 nitrogen and oxygen atoms in total. The van der Waals surface area contributed by atoms with Crippen molar-refractivity contribution in [3.05, 3.63) is 58.7 Å². The van der Waals surface area contributed by atoms with Crippen LogP contribution in [0.25, 0.3) is 0 Å². The van der Waals surface area contributed by atoms with Crippen LogP contribution in [0.5, 0.6) is 11.5 Å². The number of nitrogens with one attached hydrogen (secondary N) is 1. The Morgan fingerprint density at radius 1 is 1.05 bits per heavy atom. The van der Waals surface area contributed by atoms with E-state index in [2.05, 4.69) is 5.32 Å². The molecule has 4 heteroatoms. The van der Waals surface area contributed by atoms with Gasteiger partial charge >= 0.3 is 0 Å². The van der Waals surface area contributed by atoms with Crippen molar-refractivity contribution in [2.45, 2.75) is 32.0 Å². The van der Waals surface area contributed by atoms with Gasteiger partial charge in [0.1, 0.15) is 0 Å². The lowest BCUT2D eigenvalue weighted by atomic mass is 9.90. The highest BCUT2D eigenvalue weighted by Gasteiger charge is 2.26. The summed E-state index contributed by atoms with van der Waals surface area (Å²) in [5.74, 6) is -0.215. The highest BCUT2D eigenvalue weighted by molar-refractivity contribution is 5.47. The predicted molar refractivity (Wildman–Crippen MR) is 80.2 cm³/mol. The molecule has 1 aliphatic heterocycles. The molecule has 0 amide bonds. The van der Waals surface area contributed by atoms with Crippen molar-refractivity contribution in [1.82, 2.24) is 5.32 Å². The first kappa shape index (κ1) is 13.9. The molecule has 3 rings (SSSR count). The Labute approximate surface area is 123 Å². The number of fused-ring (bicyclic) bond motifs is 1. The maximum Gasteiger partial charge on any atom is 0.157 e. The molecule has 110 valence electrons. The van der Waals surface area contributed by atoms with Crippen molar-refractivity contribution in [3.63, 3.8) is 0 Å². The summed E-state index contributed by atoms with van der Waals surface area (Å²) in [6, 6.07) is 10.9. The van der Waals surface area contributed by atoms with Gasteiger partial charge in [-0.2, -0.15) is 0 Å². The number of aliphatic hydroxyl groups is 1. The summed E-state index contributed by atoms with van der Waals surface area (Å²) >= 11 is 0. The zero-order chi connectivity index (χ0) is 15.0. The Balaban J connectivity index is 1.82. The molecule has 2 unspecified atom stereocenters. The molecule has 0 spiro atoms. The number of aliphatic hydroxyl groups excluding tert-OH is 1. The molecule has 0 aromatic heterocycles. The van der Waals surface area contributed by atoms with Crippen LogP contribution in [-0.2, 0) is 13.0 Å². The van der Waals surface area contributed by atoms with Gasteiger partial charge in [0.2, 0.25) is 0 Å². The molecule has 0 saturated heterocycles. The van der Waals surface area contributed by atoms with Crippen molar-refractivity contribution in [3.8, 4) is 11.5 Å². The number of rotatable bonds is 2. The van der Waals surface area contributed by atoms with Gasteiger partial charge in [0.15, 0.2) is 11.5 Å². The van der Waals surface area contributed by atoms with Gasteiger partial charge in [0.05, 0.1) is 6.10 Å². The fourth-order valence-electron chi connectivity index (χ4n) is 2.79. The minimum Gasteiger partial charge on any atom is -0.504 e. The van der Waals surface area contributed by atoms with E-state index in [1.54, 1.807) is 12.1 Å². The molecule has 2 aromatic carbocycles. The first-order valence-corrected chi connectivity index (χ1v) is 7.06. The number of phenols is 2. The Morgan fingerprint density at radius 2 is 1.67 bits per heavy atom. The van der Waals surface area contributed by atoms with Crippen LogP contribution >= 0.6 is 0 Å². The van der Waals surface area contributed by atoms with Gasteiger partial charge in [-0.3, -0.25) is 0 Å². The van der Waals surface area contributed by atoms with E-state index in [4.69, 9.17) is 0 Å². The van der Waals surface area contributed by atoms with Crippen LogP contribution in [-0.4, -0.2) is 21.4 Å². The van der Waals surface area contributed by atoms with Gasteiger partial charge in [-0.25, -0.2) is 0 Å². The van der Waals surface area contributed by atoms with Gasteiger partial charge < -0.3 is 20.6 Å². The lowest BCUT2D eigenvalue weighted by Gasteiger charge is -2.30. The highest BCUT2D eigenvalue weighted by Crippen LogP contribution is 2.32. The summed E-state index contributed by atoms with van der Waals surface area (Å²) < 4.78 is 0. The number of benzene rings is 2. The second kappa shape index (κ2) is 5.39. The number of hydrogen-bond acceptors (Lipinski definition) is 4. The summed E-state index contributed by atoms with van der Waals surface area (Å²) in [4.78, 5) is 0. The van der Waals surface area contributed by atoms with Crippen molar-refractivity contribution < 1.29 is 15.3 Å². The molecular formula is C17H19NO3. The molecule has 1 aliphatic rings. The fourth-order valence-corrected chi connectivity index (χ4v) is 2.79. The number of phenolic OH excluding ortho intramolecular Hbond substituents is 2. The lowest BCUT2D eigenvalue weighted by Crippen LogP contribution is -2.40. The van der Waals surface area contributed by atoms with Crippen molar-refractivity contribution >= 4 is 0 Å². The SMILES string of the molecule is Cc1ccc(C(O)C2Cc3cc(O)c(O)cc3CN2)cc1. The number of hydrogen-bond donors (Lipinski definition) is 4. The largest absolute Gasteiger partial charge is 0.504 e. The zero-order valence-corrected chi connectivity index (χ0v) is 11.9.